The normalized spacial score (nSPS) is 11.3. The molecule has 3 rings (SSSR count). The predicted octanol–water partition coefficient (Wildman–Crippen LogP) is 4.66. The fraction of sp³-hybridized carbons (Fsp3) is 0.0714. The molecule has 0 aliphatic heterocycles. The maximum Gasteiger partial charge on any atom is 0.228 e. The lowest BCUT2D eigenvalue weighted by molar-refractivity contribution is 0.0946. The molecular formula is C14H9I2NO. The first-order valence-electron chi connectivity index (χ1n) is 5.48. The van der Waals surface area contributed by atoms with Crippen LogP contribution in [0.2, 0.25) is 0 Å². The van der Waals surface area contributed by atoms with Gasteiger partial charge in [-0.2, -0.15) is 0 Å². The summed E-state index contributed by atoms with van der Waals surface area (Å²) in [5, 5.41) is 2.29. The molecule has 0 radical (unpaired) electrons. The van der Waals surface area contributed by atoms with Crippen LogP contribution < -0.4 is 0 Å². The van der Waals surface area contributed by atoms with Crippen LogP contribution in [0.4, 0.5) is 0 Å². The molecule has 0 aliphatic rings. The Balaban J connectivity index is 2.60. The van der Waals surface area contributed by atoms with Crippen LogP contribution in [-0.2, 0) is 0 Å². The van der Waals surface area contributed by atoms with Crippen molar-refractivity contribution < 1.29 is 4.79 Å². The molecule has 2 aromatic carbocycles. The molecule has 3 aromatic rings. The van der Waals surface area contributed by atoms with Crippen LogP contribution in [0.25, 0.3) is 21.8 Å². The summed E-state index contributed by atoms with van der Waals surface area (Å²) >= 11 is 4.60. The van der Waals surface area contributed by atoms with Crippen molar-refractivity contribution in [3.63, 3.8) is 0 Å². The average Bonchev–Trinajstić information content (AvgIpc) is 2.62. The van der Waals surface area contributed by atoms with E-state index in [1.807, 2.05) is 24.3 Å². The van der Waals surface area contributed by atoms with Crippen molar-refractivity contribution >= 4 is 72.9 Å². The highest BCUT2D eigenvalue weighted by molar-refractivity contribution is 14.1. The van der Waals surface area contributed by atoms with Gasteiger partial charge < -0.3 is 0 Å². The van der Waals surface area contributed by atoms with Crippen molar-refractivity contribution in [2.45, 2.75) is 6.92 Å². The van der Waals surface area contributed by atoms with Crippen molar-refractivity contribution in [2.24, 2.45) is 0 Å². The Morgan fingerprint density at radius 3 is 1.78 bits per heavy atom. The molecular weight excluding hydrogens is 452 g/mol. The molecule has 4 heteroatoms. The standard InChI is InChI=1S/C14H9I2NO/c1-8(18)17-13-4-2-9(15)6-11(13)12-7-10(16)3-5-14(12)17/h2-7H,1H3. The lowest BCUT2D eigenvalue weighted by Gasteiger charge is -2.01. The number of halogens is 2. The second kappa shape index (κ2) is 4.48. The van der Waals surface area contributed by atoms with Gasteiger partial charge in [0.25, 0.3) is 0 Å². The SMILES string of the molecule is CC(=O)n1c2ccc(I)cc2c2cc(I)ccc21. The van der Waals surface area contributed by atoms with E-state index in [2.05, 4.69) is 57.3 Å². The number of carbonyl (C=O) groups is 1. The zero-order valence-electron chi connectivity index (χ0n) is 9.58. The van der Waals surface area contributed by atoms with E-state index < -0.39 is 0 Å². The van der Waals surface area contributed by atoms with Crippen molar-refractivity contribution in [3.05, 3.63) is 43.5 Å². The van der Waals surface area contributed by atoms with Crippen LogP contribution in [-0.4, -0.2) is 10.5 Å². The minimum Gasteiger partial charge on any atom is -0.280 e. The van der Waals surface area contributed by atoms with Crippen molar-refractivity contribution in [1.29, 1.82) is 0 Å². The summed E-state index contributed by atoms with van der Waals surface area (Å²) in [5.41, 5.74) is 1.97. The largest absolute Gasteiger partial charge is 0.280 e. The number of hydrogen-bond donors (Lipinski definition) is 0. The van der Waals surface area contributed by atoms with Gasteiger partial charge in [-0.3, -0.25) is 9.36 Å². The summed E-state index contributed by atoms with van der Waals surface area (Å²) in [6.07, 6.45) is 0. The Kier molecular flexibility index (Phi) is 3.09. The maximum atomic E-state index is 11.9. The van der Waals surface area contributed by atoms with Crippen molar-refractivity contribution in [1.82, 2.24) is 4.57 Å². The molecule has 1 heterocycles. The van der Waals surface area contributed by atoms with Gasteiger partial charge in [-0.15, -0.1) is 0 Å². The molecule has 18 heavy (non-hydrogen) atoms. The minimum atomic E-state index is 0.0532. The van der Waals surface area contributed by atoms with Crippen LogP contribution in [0.3, 0.4) is 0 Å². The van der Waals surface area contributed by atoms with Crippen LogP contribution in [0, 0.1) is 7.14 Å². The second-order valence-electron chi connectivity index (χ2n) is 4.18. The molecule has 0 spiro atoms. The minimum absolute atomic E-state index is 0.0532. The predicted molar refractivity (Wildman–Crippen MR) is 91.2 cm³/mol. The van der Waals surface area contributed by atoms with Crippen molar-refractivity contribution in [3.8, 4) is 0 Å². The van der Waals surface area contributed by atoms with Crippen LogP contribution in [0.1, 0.15) is 11.7 Å². The molecule has 1 aromatic heterocycles. The van der Waals surface area contributed by atoms with E-state index >= 15 is 0 Å². The number of carbonyl (C=O) groups excluding carboxylic acids is 1. The highest BCUT2D eigenvalue weighted by Crippen LogP contribution is 2.31. The van der Waals surface area contributed by atoms with Gasteiger partial charge in [0.15, 0.2) is 0 Å². The highest BCUT2D eigenvalue weighted by Gasteiger charge is 2.13. The Hall–Kier alpha value is -0.630. The molecule has 0 aliphatic carbocycles. The van der Waals surface area contributed by atoms with Gasteiger partial charge in [0.2, 0.25) is 5.91 Å². The average molecular weight is 461 g/mol. The molecule has 90 valence electrons. The van der Waals surface area contributed by atoms with Gasteiger partial charge in [0.1, 0.15) is 0 Å². The Morgan fingerprint density at radius 2 is 1.39 bits per heavy atom. The number of rotatable bonds is 0. The third-order valence-electron chi connectivity index (χ3n) is 3.00. The van der Waals surface area contributed by atoms with Crippen LogP contribution >= 0.6 is 45.2 Å². The van der Waals surface area contributed by atoms with Gasteiger partial charge in [0.05, 0.1) is 11.0 Å². The number of fused-ring (bicyclic) bond motifs is 3. The van der Waals surface area contributed by atoms with Gasteiger partial charge >= 0.3 is 0 Å². The van der Waals surface area contributed by atoms with Crippen LogP contribution in [0.5, 0.6) is 0 Å². The fourth-order valence-corrected chi connectivity index (χ4v) is 3.29. The Bertz CT molecular complexity index is 730. The van der Waals surface area contributed by atoms with E-state index in [1.165, 1.54) is 7.14 Å². The maximum absolute atomic E-state index is 11.9. The van der Waals surface area contributed by atoms with Gasteiger partial charge in [0, 0.05) is 24.8 Å². The number of hydrogen-bond acceptors (Lipinski definition) is 1. The summed E-state index contributed by atoms with van der Waals surface area (Å²) in [4.78, 5) is 11.9. The first-order valence-corrected chi connectivity index (χ1v) is 7.64. The number of aromatic nitrogens is 1. The van der Waals surface area contributed by atoms with E-state index in [1.54, 1.807) is 11.5 Å². The fourth-order valence-electron chi connectivity index (χ4n) is 2.31. The number of nitrogens with zero attached hydrogens (tertiary/aromatic N) is 1. The quantitative estimate of drug-likeness (QED) is 0.447. The lowest BCUT2D eigenvalue weighted by Crippen LogP contribution is -2.04. The smallest absolute Gasteiger partial charge is 0.228 e. The summed E-state index contributed by atoms with van der Waals surface area (Å²) < 4.78 is 4.15. The van der Waals surface area contributed by atoms with E-state index in [4.69, 9.17) is 0 Å². The Labute approximate surface area is 132 Å². The zero-order valence-corrected chi connectivity index (χ0v) is 13.9. The summed E-state index contributed by atoms with van der Waals surface area (Å²) in [6, 6.07) is 12.4. The summed E-state index contributed by atoms with van der Waals surface area (Å²) in [7, 11) is 0. The van der Waals surface area contributed by atoms with E-state index in [-0.39, 0.29) is 5.91 Å². The molecule has 0 N–H and O–H groups in total. The summed E-state index contributed by atoms with van der Waals surface area (Å²) in [6.45, 7) is 1.61. The molecule has 0 saturated heterocycles. The molecule has 0 bridgehead atoms. The number of benzene rings is 2. The third kappa shape index (κ3) is 1.85. The Morgan fingerprint density at radius 1 is 0.944 bits per heavy atom. The molecule has 0 atom stereocenters. The van der Waals surface area contributed by atoms with E-state index in [0.717, 1.165) is 21.8 Å². The zero-order chi connectivity index (χ0) is 12.9. The monoisotopic (exact) mass is 461 g/mol. The first kappa shape index (κ1) is 12.4. The van der Waals surface area contributed by atoms with Gasteiger partial charge in [-0.05, 0) is 81.6 Å². The van der Waals surface area contributed by atoms with Crippen LogP contribution in [0.15, 0.2) is 36.4 Å². The molecule has 2 nitrogen and oxygen atoms in total. The third-order valence-corrected chi connectivity index (χ3v) is 4.35. The van der Waals surface area contributed by atoms with Gasteiger partial charge in [-0.1, -0.05) is 0 Å². The van der Waals surface area contributed by atoms with Gasteiger partial charge in [-0.25, -0.2) is 0 Å². The molecule has 0 unspecified atom stereocenters. The first-order chi connectivity index (χ1) is 8.58. The van der Waals surface area contributed by atoms with E-state index in [9.17, 15) is 4.79 Å². The topological polar surface area (TPSA) is 22.0 Å². The summed E-state index contributed by atoms with van der Waals surface area (Å²) in [5.74, 6) is 0.0532. The lowest BCUT2D eigenvalue weighted by atomic mass is 10.2. The second-order valence-corrected chi connectivity index (χ2v) is 6.67. The molecule has 0 saturated carbocycles. The van der Waals surface area contributed by atoms with Crippen molar-refractivity contribution in [2.75, 3.05) is 0 Å². The van der Waals surface area contributed by atoms with E-state index in [0.29, 0.717) is 0 Å². The molecule has 0 amide bonds. The molecule has 0 fully saturated rings. The highest BCUT2D eigenvalue weighted by atomic mass is 127.